The SMILES string of the molecule is CCOC(=O)c1oc2ccccc2c1NC(=O)COC(=O)c1ccc(NC(N)=O)cc1. The van der Waals surface area contributed by atoms with Gasteiger partial charge in [0.25, 0.3) is 5.91 Å². The quantitative estimate of drug-likeness (QED) is 0.493. The number of carbonyl (C=O) groups excluding carboxylic acids is 4. The van der Waals surface area contributed by atoms with Crippen molar-refractivity contribution in [1.29, 1.82) is 0 Å². The summed E-state index contributed by atoms with van der Waals surface area (Å²) in [5.74, 6) is -2.29. The van der Waals surface area contributed by atoms with E-state index in [9.17, 15) is 19.2 Å². The van der Waals surface area contributed by atoms with Gasteiger partial charge in [-0.2, -0.15) is 0 Å². The summed E-state index contributed by atoms with van der Waals surface area (Å²) in [5, 5.41) is 5.40. The molecule has 0 aliphatic heterocycles. The minimum absolute atomic E-state index is 0.134. The number of ether oxygens (including phenoxy) is 2. The smallest absolute Gasteiger partial charge is 0.376 e. The fourth-order valence-corrected chi connectivity index (χ4v) is 2.73. The molecule has 160 valence electrons. The Kier molecular flexibility index (Phi) is 6.51. The van der Waals surface area contributed by atoms with E-state index in [-0.39, 0.29) is 23.6 Å². The monoisotopic (exact) mass is 425 g/mol. The number of nitrogens with one attached hydrogen (secondary N) is 2. The fourth-order valence-electron chi connectivity index (χ4n) is 2.73. The lowest BCUT2D eigenvalue weighted by molar-refractivity contribution is -0.119. The first-order valence-corrected chi connectivity index (χ1v) is 9.21. The Morgan fingerprint density at radius 2 is 1.65 bits per heavy atom. The number of esters is 2. The van der Waals surface area contributed by atoms with Gasteiger partial charge in [0.15, 0.2) is 6.61 Å². The molecule has 1 aromatic heterocycles. The van der Waals surface area contributed by atoms with E-state index in [1.807, 2.05) is 0 Å². The number of carbonyl (C=O) groups is 4. The summed E-state index contributed by atoms with van der Waals surface area (Å²) in [4.78, 5) is 47.5. The summed E-state index contributed by atoms with van der Waals surface area (Å²) in [6, 6.07) is 11.8. The lowest BCUT2D eigenvalue weighted by Gasteiger charge is -2.08. The molecular formula is C21H19N3O7. The highest BCUT2D eigenvalue weighted by Crippen LogP contribution is 2.31. The summed E-state index contributed by atoms with van der Waals surface area (Å²) >= 11 is 0. The molecule has 0 radical (unpaired) electrons. The molecule has 3 amide bonds. The number of nitrogens with two attached hydrogens (primary N) is 1. The summed E-state index contributed by atoms with van der Waals surface area (Å²) in [6.07, 6.45) is 0. The molecule has 0 aliphatic carbocycles. The van der Waals surface area contributed by atoms with Crippen LogP contribution < -0.4 is 16.4 Å². The molecule has 1 heterocycles. The van der Waals surface area contributed by atoms with Gasteiger partial charge in [0.1, 0.15) is 11.3 Å². The number of para-hydroxylation sites is 1. The molecule has 0 unspecified atom stereocenters. The van der Waals surface area contributed by atoms with Gasteiger partial charge < -0.3 is 30.3 Å². The summed E-state index contributed by atoms with van der Waals surface area (Å²) in [6.45, 7) is 1.19. The number of urea groups is 1. The van der Waals surface area contributed by atoms with E-state index in [2.05, 4.69) is 10.6 Å². The standard InChI is InChI=1S/C21H19N3O7/c1-2-29-20(27)18-17(14-5-3-4-6-15(14)31-18)24-16(25)11-30-19(26)12-7-9-13(10-8-12)23-21(22)28/h3-10H,2,11H2,1H3,(H,24,25)(H3,22,23,28). The Labute approximate surface area is 176 Å². The van der Waals surface area contributed by atoms with E-state index < -0.39 is 30.5 Å². The highest BCUT2D eigenvalue weighted by Gasteiger charge is 2.23. The number of furan rings is 1. The van der Waals surface area contributed by atoms with Crippen LogP contribution in [0, 0.1) is 0 Å². The van der Waals surface area contributed by atoms with Crippen molar-refractivity contribution >= 4 is 46.2 Å². The first kappa shape index (κ1) is 21.4. The van der Waals surface area contributed by atoms with E-state index >= 15 is 0 Å². The van der Waals surface area contributed by atoms with E-state index in [1.54, 1.807) is 31.2 Å². The molecule has 10 heteroatoms. The molecule has 0 atom stereocenters. The number of anilines is 2. The summed E-state index contributed by atoms with van der Waals surface area (Å²) in [5.41, 5.74) is 6.12. The third-order valence-corrected chi connectivity index (χ3v) is 4.04. The minimum Gasteiger partial charge on any atom is -0.460 e. The molecule has 10 nitrogen and oxygen atoms in total. The highest BCUT2D eigenvalue weighted by atomic mass is 16.5. The molecule has 0 saturated carbocycles. The van der Waals surface area contributed by atoms with Crippen LogP contribution in [0.1, 0.15) is 27.8 Å². The van der Waals surface area contributed by atoms with Gasteiger partial charge in [0, 0.05) is 11.1 Å². The second-order valence-corrected chi connectivity index (χ2v) is 6.21. The number of fused-ring (bicyclic) bond motifs is 1. The van der Waals surface area contributed by atoms with Gasteiger partial charge >= 0.3 is 18.0 Å². The highest BCUT2D eigenvalue weighted by molar-refractivity contribution is 6.10. The number of hydrogen-bond donors (Lipinski definition) is 3. The Morgan fingerprint density at radius 1 is 0.935 bits per heavy atom. The molecule has 2 aromatic carbocycles. The van der Waals surface area contributed by atoms with Gasteiger partial charge in [0.05, 0.1) is 12.2 Å². The largest absolute Gasteiger partial charge is 0.460 e. The van der Waals surface area contributed by atoms with Crippen molar-refractivity contribution in [2.75, 3.05) is 23.8 Å². The first-order chi connectivity index (χ1) is 14.9. The maximum absolute atomic E-state index is 12.4. The fraction of sp³-hybridized carbons (Fsp3) is 0.143. The maximum Gasteiger partial charge on any atom is 0.376 e. The zero-order valence-corrected chi connectivity index (χ0v) is 16.5. The molecule has 31 heavy (non-hydrogen) atoms. The normalized spacial score (nSPS) is 10.4. The van der Waals surface area contributed by atoms with Gasteiger partial charge in [-0.15, -0.1) is 0 Å². The predicted molar refractivity (Wildman–Crippen MR) is 111 cm³/mol. The molecule has 0 aliphatic rings. The topological polar surface area (TPSA) is 150 Å². The summed E-state index contributed by atoms with van der Waals surface area (Å²) < 4.78 is 15.5. The zero-order valence-electron chi connectivity index (χ0n) is 16.5. The predicted octanol–water partition coefficient (Wildman–Crippen LogP) is 2.90. The van der Waals surface area contributed by atoms with Crippen LogP contribution in [-0.2, 0) is 14.3 Å². The van der Waals surface area contributed by atoms with Gasteiger partial charge in [-0.3, -0.25) is 4.79 Å². The average molecular weight is 425 g/mol. The number of benzene rings is 2. The number of amides is 3. The Bertz CT molecular complexity index is 1140. The van der Waals surface area contributed by atoms with Crippen molar-refractivity contribution in [2.24, 2.45) is 5.73 Å². The van der Waals surface area contributed by atoms with Crippen LogP contribution in [-0.4, -0.2) is 37.1 Å². The van der Waals surface area contributed by atoms with Gasteiger partial charge in [0.2, 0.25) is 5.76 Å². The van der Waals surface area contributed by atoms with Crippen LogP contribution in [0.4, 0.5) is 16.2 Å². The van der Waals surface area contributed by atoms with Crippen molar-refractivity contribution in [1.82, 2.24) is 0 Å². The molecule has 0 saturated heterocycles. The Morgan fingerprint density at radius 3 is 2.32 bits per heavy atom. The van der Waals surface area contributed by atoms with Gasteiger partial charge in [-0.1, -0.05) is 12.1 Å². The molecular weight excluding hydrogens is 406 g/mol. The van der Waals surface area contributed by atoms with Gasteiger partial charge in [-0.05, 0) is 43.3 Å². The van der Waals surface area contributed by atoms with E-state index in [0.717, 1.165) is 0 Å². The Balaban J connectivity index is 1.67. The molecule has 3 aromatic rings. The van der Waals surface area contributed by atoms with Crippen molar-refractivity contribution in [3.63, 3.8) is 0 Å². The Hall–Kier alpha value is -4.34. The minimum atomic E-state index is -0.747. The van der Waals surface area contributed by atoms with Crippen molar-refractivity contribution < 1.29 is 33.1 Å². The van der Waals surface area contributed by atoms with Crippen LogP contribution in [0.25, 0.3) is 11.0 Å². The van der Waals surface area contributed by atoms with Gasteiger partial charge in [-0.25, -0.2) is 14.4 Å². The summed E-state index contributed by atoms with van der Waals surface area (Å²) in [7, 11) is 0. The lowest BCUT2D eigenvalue weighted by Crippen LogP contribution is -2.22. The van der Waals surface area contributed by atoms with Crippen LogP contribution in [0.2, 0.25) is 0 Å². The van der Waals surface area contributed by atoms with Crippen LogP contribution >= 0.6 is 0 Å². The van der Waals surface area contributed by atoms with Crippen molar-refractivity contribution in [2.45, 2.75) is 6.92 Å². The number of rotatable bonds is 7. The number of primary amides is 1. The third kappa shape index (κ3) is 5.18. The zero-order chi connectivity index (χ0) is 22.4. The van der Waals surface area contributed by atoms with Crippen LogP contribution in [0.3, 0.4) is 0 Å². The van der Waals surface area contributed by atoms with Crippen molar-refractivity contribution in [3.05, 3.63) is 59.9 Å². The molecule has 3 rings (SSSR count). The van der Waals surface area contributed by atoms with Crippen LogP contribution in [0.15, 0.2) is 52.9 Å². The maximum atomic E-state index is 12.4. The van der Waals surface area contributed by atoms with E-state index in [1.165, 1.54) is 24.3 Å². The average Bonchev–Trinajstić information content (AvgIpc) is 3.11. The molecule has 0 fully saturated rings. The lowest BCUT2D eigenvalue weighted by atomic mass is 10.2. The first-order valence-electron chi connectivity index (χ1n) is 9.21. The van der Waals surface area contributed by atoms with Crippen LogP contribution in [0.5, 0.6) is 0 Å². The molecule has 0 spiro atoms. The molecule has 4 N–H and O–H groups in total. The second-order valence-electron chi connectivity index (χ2n) is 6.21. The van der Waals surface area contributed by atoms with Crippen molar-refractivity contribution in [3.8, 4) is 0 Å². The number of hydrogen-bond acceptors (Lipinski definition) is 7. The second kappa shape index (κ2) is 9.44. The van der Waals surface area contributed by atoms with E-state index in [0.29, 0.717) is 16.7 Å². The van der Waals surface area contributed by atoms with E-state index in [4.69, 9.17) is 19.6 Å². The molecule has 0 bridgehead atoms. The third-order valence-electron chi connectivity index (χ3n) is 4.04.